The number of nitrogens with zero attached hydrogens (tertiary/aromatic N) is 1. The van der Waals surface area contributed by atoms with Gasteiger partial charge in [0.05, 0.1) is 16.5 Å². The smallest absolute Gasteiger partial charge is 0.243 e. The summed E-state index contributed by atoms with van der Waals surface area (Å²) in [5.74, 6) is -0.283. The third-order valence-corrected chi connectivity index (χ3v) is 5.81. The van der Waals surface area contributed by atoms with Crippen molar-refractivity contribution in [1.82, 2.24) is 9.62 Å². The Hall–Kier alpha value is -0.630. The number of carbonyl (C=O) groups excluding carboxylic acids is 1. The molecule has 19 heavy (non-hydrogen) atoms. The number of hydrogen-bond donors (Lipinski definition) is 1. The van der Waals surface area contributed by atoms with E-state index in [-0.39, 0.29) is 17.3 Å². The van der Waals surface area contributed by atoms with E-state index in [0.29, 0.717) is 29.0 Å². The molecule has 1 aliphatic rings. The Balaban J connectivity index is 2.35. The van der Waals surface area contributed by atoms with Gasteiger partial charge in [0.25, 0.3) is 0 Å². The number of rotatable bonds is 2. The Labute approximate surface area is 125 Å². The lowest BCUT2D eigenvalue weighted by molar-refractivity contribution is -0.120. The van der Waals surface area contributed by atoms with Gasteiger partial charge in [0, 0.05) is 17.6 Å². The molecule has 1 N–H and O–H groups in total. The van der Waals surface area contributed by atoms with Crippen molar-refractivity contribution in [3.05, 3.63) is 27.7 Å². The number of carbonyl (C=O) groups is 1. The fourth-order valence-corrected chi connectivity index (χ4v) is 3.88. The van der Waals surface area contributed by atoms with Gasteiger partial charge >= 0.3 is 0 Å². The predicted molar refractivity (Wildman–Crippen MR) is 75.5 cm³/mol. The van der Waals surface area contributed by atoms with Crippen molar-refractivity contribution in [1.29, 1.82) is 0 Å². The maximum atomic E-state index is 12.4. The van der Waals surface area contributed by atoms with Crippen LogP contribution in [0.3, 0.4) is 0 Å². The quantitative estimate of drug-likeness (QED) is 0.863. The van der Waals surface area contributed by atoms with Gasteiger partial charge in [0.15, 0.2) is 0 Å². The second kappa shape index (κ2) is 5.78. The topological polar surface area (TPSA) is 66.5 Å². The van der Waals surface area contributed by atoms with Gasteiger partial charge in [0.2, 0.25) is 15.9 Å². The predicted octanol–water partition coefficient (Wildman–Crippen LogP) is 1.61. The van der Waals surface area contributed by atoms with E-state index in [4.69, 9.17) is 11.6 Å². The summed E-state index contributed by atoms with van der Waals surface area (Å²) in [7, 11) is -3.67. The lowest BCUT2D eigenvalue weighted by Crippen LogP contribution is -2.37. The molecular weight excluding hydrogens is 356 g/mol. The van der Waals surface area contributed by atoms with Crippen molar-refractivity contribution in [3.8, 4) is 0 Å². The van der Waals surface area contributed by atoms with E-state index in [1.807, 2.05) is 0 Å². The molecule has 0 unspecified atom stereocenters. The van der Waals surface area contributed by atoms with Gasteiger partial charge in [-0.3, -0.25) is 4.79 Å². The number of sulfonamides is 1. The van der Waals surface area contributed by atoms with Gasteiger partial charge in [-0.1, -0.05) is 11.6 Å². The molecule has 1 saturated heterocycles. The molecule has 1 fully saturated rings. The van der Waals surface area contributed by atoms with E-state index in [2.05, 4.69) is 21.2 Å². The first-order chi connectivity index (χ1) is 8.91. The summed E-state index contributed by atoms with van der Waals surface area (Å²) < 4.78 is 26.6. The molecule has 0 saturated carbocycles. The first-order valence-corrected chi connectivity index (χ1v) is 8.24. The van der Waals surface area contributed by atoms with Crippen LogP contribution in [0.1, 0.15) is 6.42 Å². The second-order valence-corrected chi connectivity index (χ2v) is 7.32. The van der Waals surface area contributed by atoms with Crippen LogP contribution in [0.4, 0.5) is 0 Å². The Morgan fingerprint density at radius 1 is 1.37 bits per heavy atom. The van der Waals surface area contributed by atoms with Crippen LogP contribution in [0.2, 0.25) is 5.02 Å². The van der Waals surface area contributed by atoms with E-state index < -0.39 is 10.0 Å². The minimum absolute atomic E-state index is 0.124. The molecule has 104 valence electrons. The van der Waals surface area contributed by atoms with E-state index in [1.165, 1.54) is 22.5 Å². The molecule has 1 aromatic rings. The van der Waals surface area contributed by atoms with Gasteiger partial charge in [0.1, 0.15) is 0 Å². The van der Waals surface area contributed by atoms with E-state index in [1.54, 1.807) is 0 Å². The summed E-state index contributed by atoms with van der Waals surface area (Å²) >= 11 is 9.04. The molecule has 0 atom stereocenters. The standard InChI is InChI=1S/C11H12BrClN2O3S/c12-9-6-8(2-3-10(9)13)19(17,18)15-5-1-4-14-11(16)7-15/h2-3,6H,1,4-5,7H2,(H,14,16). The highest BCUT2D eigenvalue weighted by atomic mass is 79.9. The van der Waals surface area contributed by atoms with Crippen LogP contribution >= 0.6 is 27.5 Å². The zero-order valence-electron chi connectivity index (χ0n) is 9.90. The Kier molecular flexibility index (Phi) is 4.50. The lowest BCUT2D eigenvalue weighted by Gasteiger charge is -2.19. The molecule has 5 nitrogen and oxygen atoms in total. The number of hydrogen-bond acceptors (Lipinski definition) is 3. The highest BCUT2D eigenvalue weighted by Gasteiger charge is 2.28. The maximum absolute atomic E-state index is 12.4. The zero-order valence-corrected chi connectivity index (χ0v) is 13.1. The first-order valence-electron chi connectivity index (χ1n) is 5.63. The summed E-state index contributed by atoms with van der Waals surface area (Å²) in [6.07, 6.45) is 0.597. The van der Waals surface area contributed by atoms with Crippen LogP contribution in [0.25, 0.3) is 0 Å². The van der Waals surface area contributed by atoms with Gasteiger partial charge in [-0.15, -0.1) is 0 Å². The molecule has 1 aliphatic heterocycles. The SMILES string of the molecule is O=C1CN(S(=O)(=O)c2ccc(Cl)c(Br)c2)CCCN1. The summed E-state index contributed by atoms with van der Waals surface area (Å²) in [6, 6.07) is 4.39. The van der Waals surface area contributed by atoms with Crippen molar-refractivity contribution < 1.29 is 13.2 Å². The van der Waals surface area contributed by atoms with Gasteiger partial charge in [-0.25, -0.2) is 8.42 Å². The zero-order chi connectivity index (χ0) is 14.0. The van der Waals surface area contributed by atoms with Crippen LogP contribution in [0.5, 0.6) is 0 Å². The normalized spacial score (nSPS) is 17.9. The van der Waals surface area contributed by atoms with E-state index >= 15 is 0 Å². The molecule has 1 aromatic carbocycles. The second-order valence-electron chi connectivity index (χ2n) is 4.12. The monoisotopic (exact) mass is 366 g/mol. The molecular formula is C11H12BrClN2O3S. The minimum Gasteiger partial charge on any atom is -0.355 e. The van der Waals surface area contributed by atoms with Crippen LogP contribution in [0.15, 0.2) is 27.6 Å². The maximum Gasteiger partial charge on any atom is 0.243 e. The Morgan fingerprint density at radius 3 is 2.79 bits per heavy atom. The van der Waals surface area contributed by atoms with Crippen LogP contribution in [-0.2, 0) is 14.8 Å². The first kappa shape index (κ1) is 14.8. The van der Waals surface area contributed by atoms with E-state index in [0.717, 1.165) is 0 Å². The summed E-state index contributed by atoms with van der Waals surface area (Å²) in [6.45, 7) is 0.666. The van der Waals surface area contributed by atoms with Gasteiger partial charge in [-0.05, 0) is 40.5 Å². The molecule has 1 amide bonds. The highest BCUT2D eigenvalue weighted by molar-refractivity contribution is 9.10. The molecule has 0 aliphatic carbocycles. The van der Waals surface area contributed by atoms with Gasteiger partial charge in [-0.2, -0.15) is 4.31 Å². The van der Waals surface area contributed by atoms with Crippen LogP contribution in [0, 0.1) is 0 Å². The van der Waals surface area contributed by atoms with Crippen molar-refractivity contribution in [2.24, 2.45) is 0 Å². The summed E-state index contributed by atoms with van der Waals surface area (Å²) in [5.41, 5.74) is 0. The Morgan fingerprint density at radius 2 is 2.11 bits per heavy atom. The average molecular weight is 368 g/mol. The molecule has 0 aromatic heterocycles. The van der Waals surface area contributed by atoms with Crippen molar-refractivity contribution >= 4 is 43.5 Å². The fraction of sp³-hybridized carbons (Fsp3) is 0.364. The average Bonchev–Trinajstić information content (AvgIpc) is 2.57. The van der Waals surface area contributed by atoms with Crippen LogP contribution in [-0.4, -0.2) is 38.3 Å². The minimum atomic E-state index is -3.67. The number of nitrogens with one attached hydrogen (secondary N) is 1. The third-order valence-electron chi connectivity index (χ3n) is 2.76. The molecule has 0 bridgehead atoms. The van der Waals surface area contributed by atoms with Crippen molar-refractivity contribution in [2.75, 3.05) is 19.6 Å². The number of benzene rings is 1. The molecule has 0 radical (unpaired) electrons. The molecule has 8 heteroatoms. The number of amides is 1. The third kappa shape index (κ3) is 3.28. The lowest BCUT2D eigenvalue weighted by atomic mass is 10.4. The molecule has 1 heterocycles. The highest BCUT2D eigenvalue weighted by Crippen LogP contribution is 2.27. The Bertz CT molecular complexity index is 606. The van der Waals surface area contributed by atoms with Gasteiger partial charge < -0.3 is 5.32 Å². The fourth-order valence-electron chi connectivity index (χ4n) is 1.77. The van der Waals surface area contributed by atoms with Crippen molar-refractivity contribution in [3.63, 3.8) is 0 Å². The van der Waals surface area contributed by atoms with Crippen molar-refractivity contribution in [2.45, 2.75) is 11.3 Å². The molecule has 2 rings (SSSR count). The van der Waals surface area contributed by atoms with Crippen LogP contribution < -0.4 is 5.32 Å². The molecule has 0 spiro atoms. The summed E-state index contributed by atoms with van der Waals surface area (Å²) in [5, 5.41) is 3.08. The largest absolute Gasteiger partial charge is 0.355 e. The summed E-state index contributed by atoms with van der Waals surface area (Å²) in [4.78, 5) is 11.6. The van der Waals surface area contributed by atoms with E-state index in [9.17, 15) is 13.2 Å². The number of halogens is 2.